The minimum Gasteiger partial charge on any atom is -0.456 e. The van der Waals surface area contributed by atoms with Crippen LogP contribution >= 0.6 is 0 Å². The van der Waals surface area contributed by atoms with Gasteiger partial charge in [-0.1, -0.05) is 17.3 Å². The number of hydrogen-bond donors (Lipinski definition) is 0. The van der Waals surface area contributed by atoms with E-state index in [1.807, 2.05) is 0 Å². The van der Waals surface area contributed by atoms with Crippen molar-refractivity contribution in [1.82, 2.24) is 10.1 Å². The van der Waals surface area contributed by atoms with Crippen molar-refractivity contribution in [1.29, 1.82) is 0 Å². The fraction of sp³-hybridized carbons (Fsp3) is 0.333. The van der Waals surface area contributed by atoms with Gasteiger partial charge in [-0.15, -0.1) is 0 Å². The van der Waals surface area contributed by atoms with E-state index in [1.54, 1.807) is 37.3 Å². The lowest BCUT2D eigenvalue weighted by Crippen LogP contribution is -2.67. The van der Waals surface area contributed by atoms with E-state index in [0.29, 0.717) is 22.7 Å². The minimum absolute atomic E-state index is 0.0936. The maximum absolute atomic E-state index is 13.0. The first-order chi connectivity index (χ1) is 12.4. The van der Waals surface area contributed by atoms with Gasteiger partial charge < -0.3 is 14.2 Å². The third-order valence-electron chi connectivity index (χ3n) is 4.90. The summed E-state index contributed by atoms with van der Waals surface area (Å²) in [6.45, 7) is 1.64. The van der Waals surface area contributed by atoms with Crippen molar-refractivity contribution in [3.63, 3.8) is 0 Å². The second-order valence-corrected chi connectivity index (χ2v) is 6.43. The molecule has 2 aliphatic heterocycles. The van der Waals surface area contributed by atoms with Gasteiger partial charge in [-0.05, 0) is 19.1 Å². The normalized spacial score (nSPS) is 21.6. The van der Waals surface area contributed by atoms with Gasteiger partial charge in [0.25, 0.3) is 5.91 Å². The molecule has 0 radical (unpaired) electrons. The van der Waals surface area contributed by atoms with Crippen molar-refractivity contribution in [2.24, 2.45) is 0 Å². The molecular weight excluding hydrogens is 338 g/mol. The molecule has 0 spiro atoms. The summed E-state index contributed by atoms with van der Waals surface area (Å²) < 4.78 is 10.4. The highest BCUT2D eigenvalue weighted by Gasteiger charge is 2.60. The molecule has 1 saturated heterocycles. The largest absolute Gasteiger partial charge is 0.456 e. The van der Waals surface area contributed by atoms with Crippen LogP contribution in [-0.4, -0.2) is 40.6 Å². The van der Waals surface area contributed by atoms with E-state index in [-0.39, 0.29) is 31.3 Å². The van der Waals surface area contributed by atoms with Crippen LogP contribution in [0.4, 0.5) is 5.69 Å². The van der Waals surface area contributed by atoms with E-state index in [2.05, 4.69) is 5.16 Å². The number of hydrogen-bond acceptors (Lipinski definition) is 6. The Morgan fingerprint density at radius 2 is 2.12 bits per heavy atom. The van der Waals surface area contributed by atoms with Gasteiger partial charge in [-0.3, -0.25) is 14.5 Å². The molecule has 1 fully saturated rings. The molecule has 0 bridgehead atoms. The number of rotatable bonds is 3. The molecule has 1 atom stereocenters. The van der Waals surface area contributed by atoms with Crippen molar-refractivity contribution in [3.05, 3.63) is 47.3 Å². The van der Waals surface area contributed by atoms with Gasteiger partial charge in [0, 0.05) is 26.0 Å². The quantitative estimate of drug-likeness (QED) is 0.777. The van der Waals surface area contributed by atoms with Crippen LogP contribution in [0.5, 0.6) is 0 Å². The number of ether oxygens (including phenoxy) is 1. The monoisotopic (exact) mass is 355 g/mol. The highest BCUT2D eigenvalue weighted by molar-refractivity contribution is 6.15. The molecule has 8 heteroatoms. The number of esters is 1. The number of aryl methyl sites for hydroxylation is 1. The van der Waals surface area contributed by atoms with Gasteiger partial charge >= 0.3 is 5.97 Å². The van der Waals surface area contributed by atoms with E-state index in [0.717, 1.165) is 0 Å². The van der Waals surface area contributed by atoms with E-state index in [4.69, 9.17) is 9.26 Å². The Bertz CT molecular complexity index is 921. The standard InChI is InChI=1S/C18H17N3O5/c1-11-9-12(19-26-11)10-25-17(24)18-8-7-15(22)21(18)14-6-4-3-5-13(14)16(23)20(18)2/h3-6,9H,7-8,10H2,1-2H3/t18-/m1/s1. The highest BCUT2D eigenvalue weighted by Crippen LogP contribution is 2.44. The Morgan fingerprint density at radius 1 is 1.35 bits per heavy atom. The van der Waals surface area contributed by atoms with Gasteiger partial charge in [-0.2, -0.15) is 0 Å². The van der Waals surface area contributed by atoms with Gasteiger partial charge in [-0.25, -0.2) is 4.79 Å². The number of likely N-dealkylation sites (N-methyl/N-ethyl adjacent to an activating group) is 1. The molecule has 8 nitrogen and oxygen atoms in total. The van der Waals surface area contributed by atoms with Crippen molar-refractivity contribution < 1.29 is 23.6 Å². The predicted octanol–water partition coefficient (Wildman–Crippen LogP) is 1.64. The number of nitrogens with zero attached hydrogens (tertiary/aromatic N) is 3. The molecule has 134 valence electrons. The van der Waals surface area contributed by atoms with E-state index >= 15 is 0 Å². The van der Waals surface area contributed by atoms with Crippen LogP contribution in [0.25, 0.3) is 0 Å². The van der Waals surface area contributed by atoms with Crippen LogP contribution < -0.4 is 4.90 Å². The number of carbonyl (C=O) groups is 3. The number of amides is 2. The summed E-state index contributed by atoms with van der Waals surface area (Å²) in [5.74, 6) is -0.591. The van der Waals surface area contributed by atoms with Crippen molar-refractivity contribution in [2.45, 2.75) is 32.0 Å². The van der Waals surface area contributed by atoms with Crippen LogP contribution in [0.15, 0.2) is 34.9 Å². The first-order valence-corrected chi connectivity index (χ1v) is 8.25. The van der Waals surface area contributed by atoms with Gasteiger partial charge in [0.15, 0.2) is 0 Å². The summed E-state index contributed by atoms with van der Waals surface area (Å²) in [5.41, 5.74) is -0.178. The second-order valence-electron chi connectivity index (χ2n) is 6.43. The van der Waals surface area contributed by atoms with Crippen molar-refractivity contribution in [3.8, 4) is 0 Å². The average Bonchev–Trinajstić information content (AvgIpc) is 3.22. The zero-order chi connectivity index (χ0) is 18.5. The summed E-state index contributed by atoms with van der Waals surface area (Å²) in [6, 6.07) is 8.44. The highest BCUT2D eigenvalue weighted by atomic mass is 16.5. The lowest BCUT2D eigenvalue weighted by atomic mass is 9.97. The van der Waals surface area contributed by atoms with E-state index in [1.165, 1.54) is 16.8 Å². The zero-order valence-corrected chi connectivity index (χ0v) is 14.4. The molecule has 4 rings (SSSR count). The summed E-state index contributed by atoms with van der Waals surface area (Å²) in [6.07, 6.45) is 0.337. The number of anilines is 1. The number of aromatic nitrogens is 1. The van der Waals surface area contributed by atoms with Gasteiger partial charge in [0.05, 0.1) is 11.3 Å². The molecule has 0 N–H and O–H groups in total. The molecule has 26 heavy (non-hydrogen) atoms. The maximum Gasteiger partial charge on any atom is 0.354 e. The van der Waals surface area contributed by atoms with Gasteiger partial charge in [0.2, 0.25) is 11.6 Å². The molecule has 0 unspecified atom stereocenters. The van der Waals surface area contributed by atoms with Crippen molar-refractivity contribution in [2.75, 3.05) is 11.9 Å². The Kier molecular flexibility index (Phi) is 3.57. The van der Waals surface area contributed by atoms with Crippen LogP contribution in [-0.2, 0) is 20.9 Å². The molecule has 2 aliphatic rings. The number of para-hydroxylation sites is 1. The third-order valence-corrected chi connectivity index (χ3v) is 4.90. The van der Waals surface area contributed by atoms with Crippen LogP contribution in [0.1, 0.15) is 34.7 Å². The second kappa shape index (κ2) is 5.69. The Balaban J connectivity index is 1.71. The lowest BCUT2D eigenvalue weighted by Gasteiger charge is -2.46. The third kappa shape index (κ3) is 2.15. The van der Waals surface area contributed by atoms with E-state index < -0.39 is 11.6 Å². The Labute approximate surface area is 149 Å². The summed E-state index contributed by atoms with van der Waals surface area (Å²) in [7, 11) is 1.52. The van der Waals surface area contributed by atoms with Crippen LogP contribution in [0.2, 0.25) is 0 Å². The maximum atomic E-state index is 13.0. The van der Waals surface area contributed by atoms with Gasteiger partial charge in [0.1, 0.15) is 18.1 Å². The topological polar surface area (TPSA) is 93.0 Å². The summed E-state index contributed by atoms with van der Waals surface area (Å²) in [4.78, 5) is 41.1. The minimum atomic E-state index is -1.47. The zero-order valence-electron chi connectivity index (χ0n) is 14.4. The van der Waals surface area contributed by atoms with E-state index in [9.17, 15) is 14.4 Å². The molecule has 1 aromatic carbocycles. The number of benzene rings is 1. The lowest BCUT2D eigenvalue weighted by molar-refractivity contribution is -0.158. The average molecular weight is 355 g/mol. The first kappa shape index (κ1) is 16.3. The Morgan fingerprint density at radius 3 is 2.85 bits per heavy atom. The van der Waals surface area contributed by atoms with Crippen LogP contribution in [0, 0.1) is 6.92 Å². The smallest absolute Gasteiger partial charge is 0.354 e. The fourth-order valence-electron chi connectivity index (χ4n) is 3.63. The summed E-state index contributed by atoms with van der Waals surface area (Å²) >= 11 is 0. The molecule has 3 heterocycles. The number of carbonyl (C=O) groups excluding carboxylic acids is 3. The number of fused-ring (bicyclic) bond motifs is 3. The fourth-order valence-corrected chi connectivity index (χ4v) is 3.63. The Hall–Kier alpha value is -3.16. The molecule has 2 aromatic rings. The first-order valence-electron chi connectivity index (χ1n) is 8.25. The molecule has 1 aromatic heterocycles. The van der Waals surface area contributed by atoms with Crippen LogP contribution in [0.3, 0.4) is 0 Å². The molecule has 0 saturated carbocycles. The predicted molar refractivity (Wildman–Crippen MR) is 89.0 cm³/mol. The molecule has 2 amide bonds. The molecule has 0 aliphatic carbocycles. The summed E-state index contributed by atoms with van der Waals surface area (Å²) in [5, 5.41) is 3.79. The van der Waals surface area contributed by atoms with Crippen molar-refractivity contribution >= 4 is 23.5 Å². The SMILES string of the molecule is Cc1cc(COC(=O)[C@@]23CCC(=O)N2c2ccccc2C(=O)N3C)no1. The molecular formula is C18H17N3O5.